The molecule has 0 saturated carbocycles. The van der Waals surface area contributed by atoms with E-state index < -0.39 is 0 Å². The van der Waals surface area contributed by atoms with Gasteiger partial charge in [-0.25, -0.2) is 0 Å². The Kier molecular flexibility index (Phi) is 6.60. The fourth-order valence-electron chi connectivity index (χ4n) is 2.77. The number of benzene rings is 2. The standard InChI is InChI=1S/C21H22ClN3O2/c1-15(10-11-16-6-3-2-4-7-16)23-19(26)12-13-20-24-21(25-27-20)17-8-5-9-18(22)14-17/h2-9,14-15H,10-13H2,1H3,(H,23,26)/t15-/m1/s1. The number of aromatic nitrogens is 2. The minimum absolute atomic E-state index is 0.0157. The fourth-order valence-corrected chi connectivity index (χ4v) is 2.96. The van der Waals surface area contributed by atoms with Crippen molar-refractivity contribution < 1.29 is 9.32 Å². The van der Waals surface area contributed by atoms with Gasteiger partial charge in [-0.1, -0.05) is 59.2 Å². The van der Waals surface area contributed by atoms with Crippen molar-refractivity contribution >= 4 is 17.5 Å². The average Bonchev–Trinajstić information content (AvgIpc) is 3.15. The quantitative estimate of drug-likeness (QED) is 0.623. The van der Waals surface area contributed by atoms with Gasteiger partial charge in [-0.2, -0.15) is 4.98 Å². The van der Waals surface area contributed by atoms with Crippen LogP contribution in [0, 0.1) is 0 Å². The third kappa shape index (κ3) is 5.93. The maximum absolute atomic E-state index is 12.1. The second kappa shape index (κ2) is 9.33. The zero-order valence-corrected chi connectivity index (χ0v) is 15.9. The highest BCUT2D eigenvalue weighted by Gasteiger charge is 2.12. The summed E-state index contributed by atoms with van der Waals surface area (Å²) in [5.74, 6) is 0.902. The van der Waals surface area contributed by atoms with Crippen LogP contribution < -0.4 is 5.32 Å². The van der Waals surface area contributed by atoms with E-state index in [9.17, 15) is 4.79 Å². The number of nitrogens with one attached hydrogen (secondary N) is 1. The first-order chi connectivity index (χ1) is 13.1. The van der Waals surface area contributed by atoms with E-state index in [0.29, 0.717) is 29.6 Å². The summed E-state index contributed by atoms with van der Waals surface area (Å²) in [5, 5.41) is 7.59. The smallest absolute Gasteiger partial charge is 0.227 e. The van der Waals surface area contributed by atoms with Crippen LogP contribution in [-0.4, -0.2) is 22.1 Å². The lowest BCUT2D eigenvalue weighted by atomic mass is 10.1. The Morgan fingerprint density at radius 1 is 1.15 bits per heavy atom. The SMILES string of the molecule is C[C@H](CCc1ccccc1)NC(=O)CCc1nc(-c2cccc(Cl)c2)no1. The average molecular weight is 384 g/mol. The van der Waals surface area contributed by atoms with Crippen LogP contribution in [0.3, 0.4) is 0 Å². The summed E-state index contributed by atoms with van der Waals surface area (Å²) in [5.41, 5.74) is 2.06. The third-order valence-electron chi connectivity index (χ3n) is 4.23. The Morgan fingerprint density at radius 2 is 1.96 bits per heavy atom. The van der Waals surface area contributed by atoms with Crippen LogP contribution in [0.4, 0.5) is 0 Å². The van der Waals surface area contributed by atoms with E-state index in [-0.39, 0.29) is 11.9 Å². The van der Waals surface area contributed by atoms with Crippen molar-refractivity contribution in [3.05, 3.63) is 71.1 Å². The molecule has 0 saturated heterocycles. The number of nitrogens with zero attached hydrogens (tertiary/aromatic N) is 2. The summed E-state index contributed by atoms with van der Waals surface area (Å²) in [6.45, 7) is 2.02. The van der Waals surface area contributed by atoms with Gasteiger partial charge in [0, 0.05) is 29.5 Å². The molecule has 0 spiro atoms. The topological polar surface area (TPSA) is 68.0 Å². The molecule has 0 fully saturated rings. The molecule has 3 aromatic rings. The van der Waals surface area contributed by atoms with E-state index >= 15 is 0 Å². The van der Waals surface area contributed by atoms with E-state index in [1.165, 1.54) is 5.56 Å². The van der Waals surface area contributed by atoms with Gasteiger partial charge in [-0.15, -0.1) is 0 Å². The molecular formula is C21H22ClN3O2. The second-order valence-corrected chi connectivity index (χ2v) is 6.95. The molecule has 1 aromatic heterocycles. The zero-order valence-electron chi connectivity index (χ0n) is 15.2. The van der Waals surface area contributed by atoms with Crippen molar-refractivity contribution in [3.8, 4) is 11.4 Å². The molecule has 6 heteroatoms. The lowest BCUT2D eigenvalue weighted by molar-refractivity contribution is -0.121. The summed E-state index contributed by atoms with van der Waals surface area (Å²) >= 11 is 5.98. The Hall–Kier alpha value is -2.66. The number of carbonyl (C=O) groups is 1. The summed E-state index contributed by atoms with van der Waals surface area (Å²) < 4.78 is 5.24. The van der Waals surface area contributed by atoms with Crippen molar-refractivity contribution in [3.63, 3.8) is 0 Å². The van der Waals surface area contributed by atoms with Crippen LogP contribution in [0.15, 0.2) is 59.1 Å². The molecule has 1 N–H and O–H groups in total. The molecule has 1 amide bonds. The summed E-state index contributed by atoms with van der Waals surface area (Å²) in [6, 6.07) is 17.6. The third-order valence-corrected chi connectivity index (χ3v) is 4.47. The predicted octanol–water partition coefficient (Wildman–Crippen LogP) is 4.46. The van der Waals surface area contributed by atoms with Gasteiger partial charge in [-0.3, -0.25) is 4.79 Å². The van der Waals surface area contributed by atoms with Crippen LogP contribution >= 0.6 is 11.6 Å². The highest BCUT2D eigenvalue weighted by atomic mass is 35.5. The van der Waals surface area contributed by atoms with Crippen molar-refractivity contribution in [2.75, 3.05) is 0 Å². The molecule has 2 aromatic carbocycles. The van der Waals surface area contributed by atoms with Crippen molar-refractivity contribution in [2.45, 2.75) is 38.6 Å². The molecule has 0 radical (unpaired) electrons. The largest absolute Gasteiger partial charge is 0.354 e. The van der Waals surface area contributed by atoms with Gasteiger partial charge >= 0.3 is 0 Å². The normalized spacial score (nSPS) is 11.9. The Bertz CT molecular complexity index is 880. The molecule has 27 heavy (non-hydrogen) atoms. The molecule has 5 nitrogen and oxygen atoms in total. The van der Waals surface area contributed by atoms with Crippen molar-refractivity contribution in [2.24, 2.45) is 0 Å². The van der Waals surface area contributed by atoms with Crippen LogP contribution in [0.1, 0.15) is 31.2 Å². The monoisotopic (exact) mass is 383 g/mol. The number of amides is 1. The second-order valence-electron chi connectivity index (χ2n) is 6.51. The number of hydrogen-bond acceptors (Lipinski definition) is 4. The van der Waals surface area contributed by atoms with E-state index in [0.717, 1.165) is 18.4 Å². The Labute approximate surface area is 163 Å². The molecule has 0 aliphatic heterocycles. The molecule has 0 unspecified atom stereocenters. The first-order valence-corrected chi connectivity index (χ1v) is 9.40. The van der Waals surface area contributed by atoms with Crippen LogP contribution in [0.25, 0.3) is 11.4 Å². The van der Waals surface area contributed by atoms with Gasteiger partial charge in [-0.05, 0) is 37.5 Å². The van der Waals surface area contributed by atoms with Gasteiger partial charge in [0.25, 0.3) is 0 Å². The predicted molar refractivity (Wildman–Crippen MR) is 105 cm³/mol. The molecule has 0 aliphatic carbocycles. The number of rotatable bonds is 8. The molecule has 3 rings (SSSR count). The number of aryl methyl sites for hydroxylation is 2. The summed E-state index contributed by atoms with van der Waals surface area (Å²) in [6.07, 6.45) is 2.56. The van der Waals surface area contributed by atoms with Gasteiger partial charge in [0.2, 0.25) is 17.6 Å². The van der Waals surface area contributed by atoms with Gasteiger partial charge < -0.3 is 9.84 Å². The lowest BCUT2D eigenvalue weighted by Crippen LogP contribution is -2.33. The maximum atomic E-state index is 12.1. The van der Waals surface area contributed by atoms with Gasteiger partial charge in [0.1, 0.15) is 0 Å². The maximum Gasteiger partial charge on any atom is 0.227 e. The highest BCUT2D eigenvalue weighted by Crippen LogP contribution is 2.20. The van der Waals surface area contributed by atoms with Crippen molar-refractivity contribution in [1.82, 2.24) is 15.5 Å². The Balaban J connectivity index is 1.44. The summed E-state index contributed by atoms with van der Waals surface area (Å²) in [7, 11) is 0. The number of halogens is 1. The molecule has 0 bridgehead atoms. The van der Waals surface area contributed by atoms with E-state index in [1.807, 2.05) is 37.3 Å². The fraction of sp³-hybridized carbons (Fsp3) is 0.286. The molecule has 1 atom stereocenters. The van der Waals surface area contributed by atoms with Crippen LogP contribution in [-0.2, 0) is 17.6 Å². The van der Waals surface area contributed by atoms with E-state index in [1.54, 1.807) is 12.1 Å². The first kappa shape index (κ1) is 19.1. The van der Waals surface area contributed by atoms with E-state index in [2.05, 4.69) is 27.6 Å². The number of hydrogen-bond donors (Lipinski definition) is 1. The molecule has 1 heterocycles. The minimum Gasteiger partial charge on any atom is -0.354 e. The number of carbonyl (C=O) groups excluding carboxylic acids is 1. The molecule has 140 valence electrons. The molecule has 0 aliphatic rings. The van der Waals surface area contributed by atoms with Crippen LogP contribution in [0.5, 0.6) is 0 Å². The highest BCUT2D eigenvalue weighted by molar-refractivity contribution is 6.30. The van der Waals surface area contributed by atoms with Crippen molar-refractivity contribution in [1.29, 1.82) is 0 Å². The zero-order chi connectivity index (χ0) is 19.1. The summed E-state index contributed by atoms with van der Waals surface area (Å²) in [4.78, 5) is 16.5. The molecular weight excluding hydrogens is 362 g/mol. The lowest BCUT2D eigenvalue weighted by Gasteiger charge is -2.13. The minimum atomic E-state index is -0.0157. The van der Waals surface area contributed by atoms with E-state index in [4.69, 9.17) is 16.1 Å². The van der Waals surface area contributed by atoms with Gasteiger partial charge in [0.05, 0.1) is 0 Å². The Morgan fingerprint density at radius 3 is 2.74 bits per heavy atom. The first-order valence-electron chi connectivity index (χ1n) is 9.02. The van der Waals surface area contributed by atoms with Crippen LogP contribution in [0.2, 0.25) is 5.02 Å². The van der Waals surface area contributed by atoms with Gasteiger partial charge in [0.15, 0.2) is 0 Å².